The zero-order valence-electron chi connectivity index (χ0n) is 31.5. The van der Waals surface area contributed by atoms with Crippen molar-refractivity contribution in [2.24, 2.45) is 0 Å². The fourth-order valence-corrected chi connectivity index (χ4v) is 7.15. The second-order valence-corrected chi connectivity index (χ2v) is 15.0. The van der Waals surface area contributed by atoms with Gasteiger partial charge in [-0.1, -0.05) is 0 Å². The third-order valence-electron chi connectivity index (χ3n) is 10.8. The van der Waals surface area contributed by atoms with Crippen LogP contribution in [0.25, 0.3) is 44.1 Å². The van der Waals surface area contributed by atoms with E-state index < -0.39 is 0 Å². The molecule has 4 heterocycles. The van der Waals surface area contributed by atoms with E-state index in [-0.39, 0.29) is 0 Å². The summed E-state index contributed by atoms with van der Waals surface area (Å²) in [5, 5.41) is 0. The number of aromatic nitrogens is 8. The molecule has 0 atom stereocenters. The third kappa shape index (κ3) is 6.83. The molecule has 0 fully saturated rings. The molecule has 266 valence electrons. The Morgan fingerprint density at radius 1 is 0.346 bits per heavy atom. The molecule has 0 saturated carbocycles. The molecule has 10 heteroatoms. The monoisotopic (exact) mass is 692 g/mol. The largest absolute Gasteiger partial charge is 0.341 e. The van der Waals surface area contributed by atoms with Crippen molar-refractivity contribution < 1.29 is 0 Å². The number of hydrogen-bond donors (Lipinski definition) is 4. The molecule has 0 bridgehead atoms. The van der Waals surface area contributed by atoms with Crippen LogP contribution in [0.1, 0.15) is 67.8 Å². The lowest BCUT2D eigenvalue weighted by Crippen LogP contribution is -2.35. The number of nitrogens with one attached hydrogen (secondary N) is 4. The highest BCUT2D eigenvalue weighted by molar-refractivity contribution is 5.79. The molecule has 4 aromatic carbocycles. The summed E-state index contributed by atoms with van der Waals surface area (Å²) in [6.45, 7) is 21.3. The molecule has 8 aromatic rings. The summed E-state index contributed by atoms with van der Waals surface area (Å²) in [6.07, 6.45) is 0. The van der Waals surface area contributed by atoms with E-state index >= 15 is 0 Å². The highest BCUT2D eigenvalue weighted by Crippen LogP contribution is 2.23. The van der Waals surface area contributed by atoms with E-state index in [1.54, 1.807) is 0 Å². The van der Waals surface area contributed by atoms with Crippen LogP contribution < -0.4 is 0 Å². The maximum Gasteiger partial charge on any atom is 0.121 e. The first-order valence-electron chi connectivity index (χ1n) is 18.2. The van der Waals surface area contributed by atoms with E-state index in [4.69, 9.17) is 19.9 Å². The van der Waals surface area contributed by atoms with Gasteiger partial charge in [0.1, 0.15) is 23.3 Å². The van der Waals surface area contributed by atoms with E-state index in [1.165, 1.54) is 44.5 Å². The summed E-state index contributed by atoms with van der Waals surface area (Å²) in [6, 6.07) is 17.5. The average Bonchev–Trinajstić information content (AvgIpc) is 3.86. The summed E-state index contributed by atoms with van der Waals surface area (Å²) in [5.74, 6) is 3.78. The molecule has 8 rings (SSSR count). The van der Waals surface area contributed by atoms with Crippen molar-refractivity contribution in [2.45, 2.75) is 81.6 Å². The van der Waals surface area contributed by atoms with Crippen molar-refractivity contribution >= 4 is 44.1 Å². The summed E-state index contributed by atoms with van der Waals surface area (Å²) >= 11 is 0. The topological polar surface area (TPSA) is 121 Å². The minimum atomic E-state index is 0.655. The smallest absolute Gasteiger partial charge is 0.121 e. The number of nitrogens with zero attached hydrogens (tertiary/aromatic N) is 6. The molecular weight excluding hydrogens is 645 g/mol. The van der Waals surface area contributed by atoms with E-state index in [0.29, 0.717) is 26.2 Å². The predicted molar refractivity (Wildman–Crippen MR) is 210 cm³/mol. The first-order valence-corrected chi connectivity index (χ1v) is 18.2. The van der Waals surface area contributed by atoms with Crippen LogP contribution in [0.3, 0.4) is 0 Å². The molecule has 52 heavy (non-hydrogen) atoms. The van der Waals surface area contributed by atoms with Crippen LogP contribution in [-0.2, 0) is 26.2 Å². The maximum atomic E-state index is 5.03. The highest BCUT2D eigenvalue weighted by Gasteiger charge is 2.19. The molecule has 0 aliphatic rings. The minimum absolute atomic E-state index is 0.655. The van der Waals surface area contributed by atoms with Gasteiger partial charge in [-0.2, -0.15) is 0 Å². The minimum Gasteiger partial charge on any atom is -0.341 e. The SMILES string of the molecule is Cc1cc2nc(CN(CCN(Cc3nc4cc(C)c(C)cc4[nH]3)Cc3nc4cc(C)c(C)cc4[nH]3)Cc3nc4cc(C)c(C)cc4[nH]3)[nH]c2cc1C. The Morgan fingerprint density at radius 3 is 0.788 bits per heavy atom. The van der Waals surface area contributed by atoms with Crippen molar-refractivity contribution in [1.82, 2.24) is 49.7 Å². The number of H-pyrrole nitrogens is 4. The molecule has 4 N–H and O–H groups in total. The van der Waals surface area contributed by atoms with Crippen LogP contribution in [-0.4, -0.2) is 62.8 Å². The molecule has 0 spiro atoms. The van der Waals surface area contributed by atoms with Crippen molar-refractivity contribution in [2.75, 3.05) is 13.1 Å². The van der Waals surface area contributed by atoms with Gasteiger partial charge in [-0.3, -0.25) is 9.80 Å². The van der Waals surface area contributed by atoms with Crippen LogP contribution >= 0.6 is 0 Å². The second kappa shape index (κ2) is 13.3. The molecule has 0 aliphatic carbocycles. The molecule has 0 amide bonds. The Balaban J connectivity index is 1.11. The Kier molecular flexibility index (Phi) is 8.67. The van der Waals surface area contributed by atoms with Crippen molar-refractivity contribution in [1.29, 1.82) is 0 Å². The van der Waals surface area contributed by atoms with E-state index in [9.17, 15) is 0 Å². The Morgan fingerprint density at radius 2 is 0.558 bits per heavy atom. The molecule has 10 nitrogen and oxygen atoms in total. The van der Waals surface area contributed by atoms with E-state index in [0.717, 1.165) is 80.5 Å². The van der Waals surface area contributed by atoms with Crippen LogP contribution in [0.15, 0.2) is 48.5 Å². The first kappa shape index (κ1) is 33.8. The standard InChI is InChI=1S/C42H48N10/c1-23-11-31-32(12-24(23)2)44-39(43-31)19-51(20-40-45-33-13-25(3)26(4)14-34(33)46-40)9-10-52(21-41-47-35-15-27(5)28(6)16-36(35)48-41)22-42-49-37-17-29(7)30(8)18-38(37)50-42/h11-18H,9-10,19-22H2,1-8H3,(H,43,44)(H,45,46)(H,47,48)(H,49,50). The third-order valence-corrected chi connectivity index (χ3v) is 10.8. The summed E-state index contributed by atoms with van der Waals surface area (Å²) in [4.78, 5) is 39.4. The van der Waals surface area contributed by atoms with Crippen LogP contribution in [0, 0.1) is 55.4 Å². The Bertz CT molecular complexity index is 2090. The quantitative estimate of drug-likeness (QED) is 0.108. The van der Waals surface area contributed by atoms with Crippen molar-refractivity contribution in [3.8, 4) is 0 Å². The Labute approximate surface area is 304 Å². The van der Waals surface area contributed by atoms with Crippen molar-refractivity contribution in [3.63, 3.8) is 0 Å². The predicted octanol–water partition coefficient (Wildman–Crippen LogP) is 8.36. The summed E-state index contributed by atoms with van der Waals surface area (Å²) in [5.41, 5.74) is 18.3. The number of rotatable bonds is 11. The number of benzene rings is 4. The normalized spacial score (nSPS) is 12.3. The zero-order chi connectivity index (χ0) is 36.3. The number of hydrogen-bond acceptors (Lipinski definition) is 6. The van der Waals surface area contributed by atoms with Crippen LogP contribution in [0.2, 0.25) is 0 Å². The lowest BCUT2D eigenvalue weighted by Gasteiger charge is -2.26. The number of aromatic amines is 4. The van der Waals surface area contributed by atoms with Gasteiger partial charge in [0.2, 0.25) is 0 Å². The molecule has 0 aliphatic heterocycles. The summed E-state index contributed by atoms with van der Waals surface area (Å²) in [7, 11) is 0. The second-order valence-electron chi connectivity index (χ2n) is 15.0. The molecule has 0 unspecified atom stereocenters. The van der Waals surface area contributed by atoms with Gasteiger partial charge in [-0.15, -0.1) is 0 Å². The maximum absolute atomic E-state index is 5.03. The number of aryl methyl sites for hydroxylation is 8. The van der Waals surface area contributed by atoms with E-state index in [2.05, 4.69) is 134 Å². The van der Waals surface area contributed by atoms with Gasteiger partial charge in [0, 0.05) is 13.1 Å². The highest BCUT2D eigenvalue weighted by atomic mass is 15.2. The average molecular weight is 693 g/mol. The lowest BCUT2D eigenvalue weighted by atomic mass is 10.1. The van der Waals surface area contributed by atoms with E-state index in [1.807, 2.05) is 0 Å². The summed E-state index contributed by atoms with van der Waals surface area (Å²) < 4.78 is 0. The van der Waals surface area contributed by atoms with Crippen LogP contribution in [0.4, 0.5) is 0 Å². The van der Waals surface area contributed by atoms with Gasteiger partial charge >= 0.3 is 0 Å². The number of fused-ring (bicyclic) bond motifs is 4. The van der Waals surface area contributed by atoms with Gasteiger partial charge in [0.25, 0.3) is 0 Å². The fraction of sp³-hybridized carbons (Fsp3) is 0.333. The lowest BCUT2D eigenvalue weighted by molar-refractivity contribution is 0.174. The fourth-order valence-electron chi connectivity index (χ4n) is 7.15. The van der Waals surface area contributed by atoms with Gasteiger partial charge in [0.05, 0.1) is 70.3 Å². The van der Waals surface area contributed by atoms with Gasteiger partial charge < -0.3 is 19.9 Å². The Hall–Kier alpha value is -5.32. The van der Waals surface area contributed by atoms with Crippen LogP contribution in [0.5, 0.6) is 0 Å². The van der Waals surface area contributed by atoms with Gasteiger partial charge in [-0.25, -0.2) is 19.9 Å². The van der Waals surface area contributed by atoms with Gasteiger partial charge in [0.15, 0.2) is 0 Å². The molecule has 0 saturated heterocycles. The first-order chi connectivity index (χ1) is 24.9. The molecule has 0 radical (unpaired) electrons. The molecular formula is C42H48N10. The zero-order valence-corrected chi connectivity index (χ0v) is 31.5. The number of imidazole rings is 4. The molecule has 4 aromatic heterocycles. The van der Waals surface area contributed by atoms with Crippen molar-refractivity contribution in [3.05, 3.63) is 116 Å². The van der Waals surface area contributed by atoms with Gasteiger partial charge in [-0.05, 0) is 148 Å².